The van der Waals surface area contributed by atoms with Gasteiger partial charge in [0.15, 0.2) is 11.5 Å². The van der Waals surface area contributed by atoms with Gasteiger partial charge in [-0.2, -0.15) is 4.98 Å². The number of rotatable bonds is 6. The van der Waals surface area contributed by atoms with Gasteiger partial charge in [0.1, 0.15) is 11.5 Å². The number of hydrogen-bond donors (Lipinski definition) is 2. The van der Waals surface area contributed by atoms with Crippen LogP contribution in [0.5, 0.6) is 11.5 Å². The van der Waals surface area contributed by atoms with E-state index in [0.717, 1.165) is 11.1 Å². The van der Waals surface area contributed by atoms with Gasteiger partial charge in [0.25, 0.3) is 5.89 Å². The van der Waals surface area contributed by atoms with Crippen LogP contribution in [0, 0.1) is 12.7 Å². The van der Waals surface area contributed by atoms with Crippen molar-refractivity contribution in [3.63, 3.8) is 0 Å². The fraction of sp³-hybridized carbons (Fsp3) is 0.111. The predicted molar refractivity (Wildman–Crippen MR) is 136 cm³/mol. The molecule has 0 fully saturated rings. The van der Waals surface area contributed by atoms with Crippen LogP contribution in [-0.2, 0) is 6.54 Å². The number of imidazole rings is 1. The van der Waals surface area contributed by atoms with Crippen LogP contribution >= 0.6 is 0 Å². The summed E-state index contributed by atoms with van der Waals surface area (Å²) in [5, 5.41) is 9.42. The van der Waals surface area contributed by atoms with Gasteiger partial charge in [0.2, 0.25) is 12.6 Å². The molecular formula is C27H21FN6O4. The number of benzene rings is 3. The Balaban J connectivity index is 1.07. The minimum atomic E-state index is -0.458. The normalized spacial score (nSPS) is 11.9. The lowest BCUT2D eigenvalue weighted by Crippen LogP contribution is -2.19. The molecule has 1 aliphatic rings. The Labute approximate surface area is 216 Å². The van der Waals surface area contributed by atoms with Crippen LogP contribution in [0.1, 0.15) is 11.1 Å². The van der Waals surface area contributed by atoms with Crippen molar-refractivity contribution >= 4 is 17.4 Å². The quantitative estimate of drug-likeness (QED) is 0.310. The molecule has 2 N–H and O–H groups in total. The number of carbonyl (C=O) groups excluding carboxylic acids is 1. The molecule has 10 nitrogen and oxygen atoms in total. The van der Waals surface area contributed by atoms with Crippen LogP contribution < -0.4 is 20.1 Å². The molecule has 5 aromatic rings. The van der Waals surface area contributed by atoms with Gasteiger partial charge in [-0.1, -0.05) is 23.4 Å². The lowest BCUT2D eigenvalue weighted by molar-refractivity contribution is 0.174. The predicted octanol–water partition coefficient (Wildman–Crippen LogP) is 5.47. The fourth-order valence-corrected chi connectivity index (χ4v) is 3.91. The number of aromatic nitrogens is 4. The molecule has 0 aliphatic carbocycles. The summed E-state index contributed by atoms with van der Waals surface area (Å²) in [4.78, 5) is 21.1. The van der Waals surface area contributed by atoms with Crippen molar-refractivity contribution in [1.82, 2.24) is 19.7 Å². The van der Waals surface area contributed by atoms with Gasteiger partial charge in [0.05, 0.1) is 6.33 Å². The average Bonchev–Trinajstić information content (AvgIpc) is 3.68. The van der Waals surface area contributed by atoms with Gasteiger partial charge in [-0.3, -0.25) is 0 Å². The fourth-order valence-electron chi connectivity index (χ4n) is 3.91. The van der Waals surface area contributed by atoms with E-state index in [2.05, 4.69) is 25.8 Å². The maximum absolute atomic E-state index is 13.7. The lowest BCUT2D eigenvalue weighted by Gasteiger charge is -2.09. The monoisotopic (exact) mass is 512 g/mol. The average molecular weight is 513 g/mol. The third kappa shape index (κ3) is 4.89. The van der Waals surface area contributed by atoms with Crippen LogP contribution in [0.4, 0.5) is 20.6 Å². The molecule has 0 bridgehead atoms. The molecule has 3 heterocycles. The van der Waals surface area contributed by atoms with E-state index < -0.39 is 6.03 Å². The van der Waals surface area contributed by atoms with Gasteiger partial charge in [0, 0.05) is 29.7 Å². The molecule has 190 valence electrons. The number of nitrogens with zero attached hydrogens (tertiary/aromatic N) is 4. The summed E-state index contributed by atoms with van der Waals surface area (Å²) in [6, 6.07) is 16.9. The van der Waals surface area contributed by atoms with E-state index in [1.165, 1.54) is 6.07 Å². The highest BCUT2D eigenvalue weighted by Crippen LogP contribution is 2.35. The molecule has 0 atom stereocenters. The Kier molecular flexibility index (Phi) is 5.92. The molecule has 2 aromatic heterocycles. The summed E-state index contributed by atoms with van der Waals surface area (Å²) in [6.45, 7) is 2.40. The van der Waals surface area contributed by atoms with Crippen molar-refractivity contribution in [2.45, 2.75) is 13.5 Å². The SMILES string of the molecule is Cc1ccc(NC(=O)Nc2ccc(Cn3cnc(-c4nc(-c5ccc6c(c5)OCO6)no4)c3)cc2)cc1F. The number of hydrogen-bond acceptors (Lipinski definition) is 7. The number of fused-ring (bicyclic) bond motifs is 1. The number of nitrogens with one attached hydrogen (secondary N) is 2. The van der Waals surface area contributed by atoms with Crippen molar-refractivity contribution in [2.24, 2.45) is 0 Å². The zero-order chi connectivity index (χ0) is 26.1. The second-order valence-corrected chi connectivity index (χ2v) is 8.66. The van der Waals surface area contributed by atoms with E-state index in [4.69, 9.17) is 14.0 Å². The summed E-state index contributed by atoms with van der Waals surface area (Å²) in [7, 11) is 0. The van der Waals surface area contributed by atoms with Crippen LogP contribution in [0.15, 0.2) is 77.7 Å². The molecule has 0 spiro atoms. The number of urea groups is 1. The van der Waals surface area contributed by atoms with Crippen LogP contribution in [0.25, 0.3) is 23.0 Å². The Morgan fingerprint density at radius 2 is 1.79 bits per heavy atom. The highest BCUT2D eigenvalue weighted by Gasteiger charge is 2.18. The maximum Gasteiger partial charge on any atom is 0.323 e. The Bertz CT molecular complexity index is 1630. The van der Waals surface area contributed by atoms with Crippen LogP contribution in [0.3, 0.4) is 0 Å². The Hall–Kier alpha value is -5.19. The molecule has 0 radical (unpaired) electrons. The molecule has 2 amide bonds. The van der Waals surface area contributed by atoms with E-state index in [0.29, 0.717) is 52.4 Å². The van der Waals surface area contributed by atoms with Crippen molar-refractivity contribution in [3.8, 4) is 34.5 Å². The summed E-state index contributed by atoms with van der Waals surface area (Å²) >= 11 is 0. The minimum Gasteiger partial charge on any atom is -0.454 e. The molecule has 1 aliphatic heterocycles. The van der Waals surface area contributed by atoms with Gasteiger partial charge in [-0.25, -0.2) is 14.2 Å². The first-order valence-electron chi connectivity index (χ1n) is 11.7. The summed E-state index contributed by atoms with van der Waals surface area (Å²) < 4.78 is 31.7. The van der Waals surface area contributed by atoms with Crippen LogP contribution in [-0.4, -0.2) is 32.5 Å². The van der Waals surface area contributed by atoms with Gasteiger partial charge in [-0.05, 0) is 60.5 Å². The summed E-state index contributed by atoms with van der Waals surface area (Å²) in [5.41, 5.74) is 3.78. The highest BCUT2D eigenvalue weighted by atomic mass is 19.1. The largest absolute Gasteiger partial charge is 0.454 e. The Morgan fingerprint density at radius 3 is 2.63 bits per heavy atom. The van der Waals surface area contributed by atoms with Gasteiger partial charge < -0.3 is 29.2 Å². The summed E-state index contributed by atoms with van der Waals surface area (Å²) in [6.07, 6.45) is 3.50. The zero-order valence-corrected chi connectivity index (χ0v) is 20.1. The molecule has 0 unspecified atom stereocenters. The third-order valence-corrected chi connectivity index (χ3v) is 5.92. The summed E-state index contributed by atoms with van der Waals surface area (Å²) in [5.74, 6) is 1.67. The standard InChI is InChI=1S/C27H21FN6O4/c1-16-2-6-20(11-21(16)28)31-27(35)30-19-7-3-17(4-8-19)12-34-13-22(29-14-34)26-32-25(33-38-26)18-5-9-23-24(10-18)37-15-36-23/h2-11,13-14H,12,15H2,1H3,(H2,30,31,35). The van der Waals surface area contributed by atoms with E-state index >= 15 is 0 Å². The molecule has 0 saturated heterocycles. The number of aryl methyl sites for hydroxylation is 1. The lowest BCUT2D eigenvalue weighted by atomic mass is 10.2. The highest BCUT2D eigenvalue weighted by molar-refractivity contribution is 5.99. The molecular weight excluding hydrogens is 491 g/mol. The van der Waals surface area contributed by atoms with Gasteiger partial charge >= 0.3 is 6.03 Å². The molecule has 11 heteroatoms. The molecule has 38 heavy (non-hydrogen) atoms. The van der Waals surface area contributed by atoms with Crippen molar-refractivity contribution < 1.29 is 23.2 Å². The number of ether oxygens (including phenoxy) is 2. The van der Waals surface area contributed by atoms with E-state index in [1.807, 2.05) is 29.0 Å². The second-order valence-electron chi connectivity index (χ2n) is 8.66. The minimum absolute atomic E-state index is 0.193. The number of amides is 2. The molecule has 0 saturated carbocycles. The number of halogens is 1. The Morgan fingerprint density at radius 1 is 1.00 bits per heavy atom. The topological polar surface area (TPSA) is 116 Å². The van der Waals surface area contributed by atoms with E-state index in [9.17, 15) is 9.18 Å². The third-order valence-electron chi connectivity index (χ3n) is 5.92. The van der Waals surface area contributed by atoms with Crippen LogP contribution in [0.2, 0.25) is 0 Å². The number of carbonyl (C=O) groups is 1. The first-order chi connectivity index (χ1) is 18.5. The smallest absolute Gasteiger partial charge is 0.323 e. The van der Waals surface area contributed by atoms with E-state index in [-0.39, 0.29) is 12.6 Å². The van der Waals surface area contributed by atoms with E-state index in [1.54, 1.807) is 49.6 Å². The van der Waals surface area contributed by atoms with Gasteiger partial charge in [-0.15, -0.1) is 0 Å². The molecule has 6 rings (SSSR count). The first kappa shape index (κ1) is 23.2. The number of anilines is 2. The van der Waals surface area contributed by atoms with Crippen molar-refractivity contribution in [2.75, 3.05) is 17.4 Å². The second kappa shape index (κ2) is 9.69. The maximum atomic E-state index is 13.7. The van der Waals surface area contributed by atoms with Crippen molar-refractivity contribution in [3.05, 3.63) is 90.1 Å². The van der Waals surface area contributed by atoms with Crippen molar-refractivity contribution in [1.29, 1.82) is 0 Å². The first-order valence-corrected chi connectivity index (χ1v) is 11.7. The molecule has 3 aromatic carbocycles. The zero-order valence-electron chi connectivity index (χ0n) is 20.1.